The van der Waals surface area contributed by atoms with Gasteiger partial charge in [0, 0.05) is 12.0 Å². The highest BCUT2D eigenvalue weighted by molar-refractivity contribution is 5.79. The number of hydrogen-bond acceptors (Lipinski definition) is 3. The smallest absolute Gasteiger partial charge is 0.410 e. The lowest BCUT2D eigenvalue weighted by atomic mass is 9.95. The van der Waals surface area contributed by atoms with Crippen LogP contribution in [0.5, 0.6) is 5.75 Å². The maximum atomic E-state index is 13.2. The molecule has 1 fully saturated rings. The zero-order valence-corrected chi connectivity index (χ0v) is 19.4. The summed E-state index contributed by atoms with van der Waals surface area (Å²) in [5.41, 5.74) is 7.66. The fraction of sp³-hybridized carbons (Fsp3) is 0.300. The summed E-state index contributed by atoms with van der Waals surface area (Å²) >= 11 is 0. The number of ether oxygens (including phenoxy) is 2. The van der Waals surface area contributed by atoms with Crippen molar-refractivity contribution in [2.24, 2.45) is 0 Å². The van der Waals surface area contributed by atoms with Gasteiger partial charge >= 0.3 is 6.09 Å². The lowest BCUT2D eigenvalue weighted by Crippen LogP contribution is -2.44. The SMILES string of the molecule is COc1cccc(CC2=CC3CCC(C2)N3C(=O)OCC2c3ccccc3-c3ccccc32)c1. The molecule has 0 aromatic heterocycles. The van der Waals surface area contributed by atoms with Gasteiger partial charge in [0.2, 0.25) is 0 Å². The van der Waals surface area contributed by atoms with Crippen LogP contribution in [-0.2, 0) is 11.2 Å². The van der Waals surface area contributed by atoms with Gasteiger partial charge in [-0.15, -0.1) is 0 Å². The van der Waals surface area contributed by atoms with Gasteiger partial charge in [-0.25, -0.2) is 4.79 Å². The van der Waals surface area contributed by atoms with Crippen LogP contribution < -0.4 is 4.74 Å². The van der Waals surface area contributed by atoms with Gasteiger partial charge in [-0.05, 0) is 65.6 Å². The summed E-state index contributed by atoms with van der Waals surface area (Å²) < 4.78 is 11.4. The maximum absolute atomic E-state index is 13.2. The van der Waals surface area contributed by atoms with Crippen LogP contribution >= 0.6 is 0 Å². The first-order chi connectivity index (χ1) is 16.7. The van der Waals surface area contributed by atoms with Crippen molar-refractivity contribution in [2.75, 3.05) is 13.7 Å². The summed E-state index contributed by atoms with van der Waals surface area (Å²) in [6.45, 7) is 0.378. The molecule has 0 spiro atoms. The first kappa shape index (κ1) is 21.0. The van der Waals surface area contributed by atoms with Crippen molar-refractivity contribution < 1.29 is 14.3 Å². The molecule has 2 atom stereocenters. The number of fused-ring (bicyclic) bond motifs is 5. The normalized spacial score (nSPS) is 20.5. The van der Waals surface area contributed by atoms with Gasteiger partial charge in [-0.1, -0.05) is 72.3 Å². The molecule has 172 valence electrons. The minimum atomic E-state index is -0.175. The Morgan fingerprint density at radius 3 is 2.38 bits per heavy atom. The Kier molecular flexibility index (Phi) is 5.37. The third kappa shape index (κ3) is 3.67. The van der Waals surface area contributed by atoms with Crippen LogP contribution in [0.4, 0.5) is 4.79 Å². The maximum Gasteiger partial charge on any atom is 0.410 e. The molecule has 0 radical (unpaired) electrons. The topological polar surface area (TPSA) is 38.8 Å². The molecule has 34 heavy (non-hydrogen) atoms. The Bertz CT molecular complexity index is 1220. The van der Waals surface area contributed by atoms with E-state index in [0.717, 1.165) is 31.4 Å². The number of methoxy groups -OCH3 is 1. The van der Waals surface area contributed by atoms with E-state index in [2.05, 4.69) is 66.7 Å². The molecule has 6 rings (SSSR count). The fourth-order valence-electron chi connectivity index (χ4n) is 6.05. The summed E-state index contributed by atoms with van der Waals surface area (Å²) in [5, 5.41) is 0. The number of nitrogens with zero attached hydrogens (tertiary/aromatic N) is 1. The van der Waals surface area contributed by atoms with Crippen LogP contribution in [0, 0.1) is 0 Å². The molecule has 0 N–H and O–H groups in total. The second-order valence-electron chi connectivity index (χ2n) is 9.57. The van der Waals surface area contributed by atoms with Crippen molar-refractivity contribution in [3.63, 3.8) is 0 Å². The number of hydrogen-bond donors (Lipinski definition) is 0. The van der Waals surface area contributed by atoms with Gasteiger partial charge in [0.1, 0.15) is 12.4 Å². The number of carbonyl (C=O) groups is 1. The highest BCUT2D eigenvalue weighted by atomic mass is 16.6. The van der Waals surface area contributed by atoms with E-state index in [-0.39, 0.29) is 24.1 Å². The molecule has 1 aliphatic carbocycles. The van der Waals surface area contributed by atoms with E-state index in [1.54, 1.807) is 7.11 Å². The largest absolute Gasteiger partial charge is 0.497 e. The predicted molar refractivity (Wildman–Crippen MR) is 133 cm³/mol. The van der Waals surface area contributed by atoms with Crippen LogP contribution in [0.2, 0.25) is 0 Å². The molecule has 2 bridgehead atoms. The molecule has 1 amide bonds. The molecule has 3 aliphatic rings. The number of rotatable bonds is 5. The Morgan fingerprint density at radius 1 is 0.941 bits per heavy atom. The van der Waals surface area contributed by atoms with E-state index in [0.29, 0.717) is 6.61 Å². The first-order valence-electron chi connectivity index (χ1n) is 12.2. The van der Waals surface area contributed by atoms with Crippen molar-refractivity contribution in [1.82, 2.24) is 4.90 Å². The average molecular weight is 452 g/mol. The zero-order chi connectivity index (χ0) is 23.1. The fourth-order valence-corrected chi connectivity index (χ4v) is 6.05. The van der Waals surface area contributed by atoms with Crippen molar-refractivity contribution >= 4 is 6.09 Å². The molecule has 4 heteroatoms. The number of benzene rings is 3. The van der Waals surface area contributed by atoms with Gasteiger partial charge in [0.05, 0.1) is 13.2 Å². The highest BCUT2D eigenvalue weighted by Crippen LogP contribution is 2.45. The first-order valence-corrected chi connectivity index (χ1v) is 12.2. The Balaban J connectivity index is 1.15. The minimum absolute atomic E-state index is 0.0953. The third-order valence-corrected chi connectivity index (χ3v) is 7.58. The number of amides is 1. The van der Waals surface area contributed by atoms with Crippen LogP contribution in [0.15, 0.2) is 84.4 Å². The monoisotopic (exact) mass is 451 g/mol. The lowest BCUT2D eigenvalue weighted by Gasteiger charge is -2.33. The van der Waals surface area contributed by atoms with Gasteiger partial charge in [0.25, 0.3) is 0 Å². The van der Waals surface area contributed by atoms with Crippen molar-refractivity contribution in [3.05, 3.63) is 101 Å². The molecule has 1 saturated heterocycles. The summed E-state index contributed by atoms with van der Waals surface area (Å²) in [5.74, 6) is 0.982. The molecular formula is C30H29NO3. The number of carbonyl (C=O) groups excluding carboxylic acids is 1. The van der Waals surface area contributed by atoms with Gasteiger partial charge < -0.3 is 9.47 Å². The summed E-state index contributed by atoms with van der Waals surface area (Å²) in [6, 6.07) is 25.5. The molecule has 0 saturated carbocycles. The van der Waals surface area contributed by atoms with E-state index in [4.69, 9.17) is 9.47 Å². The Morgan fingerprint density at radius 2 is 1.68 bits per heavy atom. The third-order valence-electron chi connectivity index (χ3n) is 7.58. The summed E-state index contributed by atoms with van der Waals surface area (Å²) in [7, 11) is 1.70. The summed E-state index contributed by atoms with van der Waals surface area (Å²) in [6.07, 6.45) is 5.99. The molecule has 2 unspecified atom stereocenters. The van der Waals surface area contributed by atoms with Crippen LogP contribution in [0.3, 0.4) is 0 Å². The Hall–Kier alpha value is -3.53. The second-order valence-corrected chi connectivity index (χ2v) is 9.57. The lowest BCUT2D eigenvalue weighted by molar-refractivity contribution is 0.0849. The molecule has 3 aromatic rings. The van der Waals surface area contributed by atoms with E-state index in [9.17, 15) is 4.79 Å². The van der Waals surface area contributed by atoms with Gasteiger partial charge in [-0.2, -0.15) is 0 Å². The average Bonchev–Trinajstić information content (AvgIpc) is 3.34. The zero-order valence-electron chi connectivity index (χ0n) is 19.4. The second kappa shape index (κ2) is 8.68. The standard InChI is InChI=1S/C30H29NO3/c1-33-24-8-6-7-20(18-24)15-21-16-22-13-14-23(17-21)31(22)30(32)34-19-29-27-11-4-2-9-25(27)26-10-3-5-12-28(26)29/h2-12,16,18,22-23,29H,13-15,17,19H2,1H3. The van der Waals surface area contributed by atoms with Crippen molar-refractivity contribution in [1.29, 1.82) is 0 Å². The van der Waals surface area contributed by atoms with Gasteiger partial charge in [0.15, 0.2) is 0 Å². The Labute approximate surface area is 200 Å². The van der Waals surface area contributed by atoms with Crippen LogP contribution in [-0.4, -0.2) is 36.8 Å². The van der Waals surface area contributed by atoms with Crippen LogP contribution in [0.25, 0.3) is 11.1 Å². The molecular weight excluding hydrogens is 422 g/mol. The summed E-state index contributed by atoms with van der Waals surface area (Å²) in [4.78, 5) is 15.2. The highest BCUT2D eigenvalue weighted by Gasteiger charge is 2.41. The molecule has 2 heterocycles. The molecule has 3 aromatic carbocycles. The van der Waals surface area contributed by atoms with E-state index >= 15 is 0 Å². The molecule has 4 nitrogen and oxygen atoms in total. The predicted octanol–water partition coefficient (Wildman–Crippen LogP) is 6.35. The van der Waals surface area contributed by atoms with Crippen molar-refractivity contribution in [2.45, 2.75) is 43.7 Å². The van der Waals surface area contributed by atoms with Crippen LogP contribution in [0.1, 0.15) is 41.9 Å². The molecule has 2 aliphatic heterocycles. The van der Waals surface area contributed by atoms with E-state index in [1.807, 2.05) is 17.0 Å². The van der Waals surface area contributed by atoms with E-state index < -0.39 is 0 Å². The quantitative estimate of drug-likeness (QED) is 0.424. The van der Waals surface area contributed by atoms with E-state index in [1.165, 1.54) is 33.4 Å². The minimum Gasteiger partial charge on any atom is -0.497 e. The van der Waals surface area contributed by atoms with Gasteiger partial charge in [-0.3, -0.25) is 4.90 Å². The van der Waals surface area contributed by atoms with Crippen molar-refractivity contribution in [3.8, 4) is 16.9 Å².